The van der Waals surface area contributed by atoms with Crippen LogP contribution in [0.15, 0.2) is 27.6 Å². The van der Waals surface area contributed by atoms with E-state index in [4.69, 9.17) is 4.52 Å². The second-order valence-corrected chi connectivity index (χ2v) is 8.24. The number of halogens is 2. The van der Waals surface area contributed by atoms with E-state index in [1.165, 1.54) is 12.1 Å². The second kappa shape index (κ2) is 6.63. The van der Waals surface area contributed by atoms with Gasteiger partial charge in [-0.2, -0.15) is 0 Å². The van der Waals surface area contributed by atoms with Gasteiger partial charge in [-0.1, -0.05) is 30.5 Å². The zero-order valence-corrected chi connectivity index (χ0v) is 14.2. The van der Waals surface area contributed by atoms with Crippen LogP contribution in [0.3, 0.4) is 0 Å². The molecule has 0 N–H and O–H groups in total. The van der Waals surface area contributed by atoms with Crippen LogP contribution >= 0.6 is 0 Å². The van der Waals surface area contributed by atoms with E-state index in [2.05, 4.69) is 5.16 Å². The van der Waals surface area contributed by atoms with Crippen molar-refractivity contribution in [3.05, 3.63) is 35.5 Å². The number of alkyl halides is 1. The summed E-state index contributed by atoms with van der Waals surface area (Å²) in [6.45, 7) is -0.843. The number of rotatable bonds is 4. The molecular weight excluding hydrogens is 336 g/mol. The van der Waals surface area contributed by atoms with Gasteiger partial charge in [0.2, 0.25) is 0 Å². The number of sulfone groups is 1. The average Bonchev–Trinajstić information content (AvgIpc) is 2.98. The van der Waals surface area contributed by atoms with Crippen molar-refractivity contribution in [3.8, 4) is 11.1 Å². The average molecular weight is 355 g/mol. The van der Waals surface area contributed by atoms with E-state index in [9.17, 15) is 17.2 Å². The summed E-state index contributed by atoms with van der Waals surface area (Å²) in [5, 5.41) is 4.03. The summed E-state index contributed by atoms with van der Waals surface area (Å²) in [6.07, 6.45) is 6.14. The zero-order valence-electron chi connectivity index (χ0n) is 13.4. The minimum absolute atomic E-state index is 0.0575. The maximum absolute atomic E-state index is 14.2. The van der Waals surface area contributed by atoms with Crippen LogP contribution in [0.2, 0.25) is 0 Å². The van der Waals surface area contributed by atoms with Gasteiger partial charge in [0.25, 0.3) is 0 Å². The molecule has 0 saturated heterocycles. The van der Waals surface area contributed by atoms with E-state index in [0.29, 0.717) is 16.8 Å². The third-order valence-corrected chi connectivity index (χ3v) is 5.65. The predicted octanol–water partition coefficient (Wildman–Crippen LogP) is 4.40. The minimum Gasteiger partial charge on any atom is -0.358 e. The van der Waals surface area contributed by atoms with Crippen molar-refractivity contribution < 1.29 is 21.7 Å². The van der Waals surface area contributed by atoms with E-state index in [0.717, 1.165) is 44.4 Å². The van der Waals surface area contributed by atoms with Gasteiger partial charge >= 0.3 is 0 Å². The van der Waals surface area contributed by atoms with E-state index in [-0.39, 0.29) is 16.6 Å². The van der Waals surface area contributed by atoms with Crippen LogP contribution in [0.25, 0.3) is 11.1 Å². The fourth-order valence-electron chi connectivity index (χ4n) is 3.35. The molecule has 7 heteroatoms. The lowest BCUT2D eigenvalue weighted by Gasteiger charge is -2.20. The lowest BCUT2D eigenvalue weighted by molar-refractivity contribution is 0.320. The molecule has 0 bridgehead atoms. The van der Waals surface area contributed by atoms with Gasteiger partial charge in [-0.05, 0) is 30.5 Å². The van der Waals surface area contributed by atoms with Gasteiger partial charge in [-0.25, -0.2) is 17.2 Å². The molecule has 0 aliphatic heterocycles. The molecule has 1 heterocycles. The number of hydrogen-bond acceptors (Lipinski definition) is 4. The van der Waals surface area contributed by atoms with Gasteiger partial charge in [-0.15, -0.1) is 0 Å². The smallest absolute Gasteiger partial charge is 0.178 e. The van der Waals surface area contributed by atoms with Gasteiger partial charge in [0.05, 0.1) is 11.3 Å². The fraction of sp³-hybridized carbons (Fsp3) is 0.471. The Morgan fingerprint density at radius 3 is 2.54 bits per heavy atom. The number of aromatic nitrogens is 1. The number of benzene rings is 1. The molecular formula is C17H19F2NO3S. The standard InChI is InChI=1S/C17H19F2NO3S/c1-24(21,22)15-8-7-12(9-13(15)19)16-14(10-18)23-20-17(16)11-5-3-2-4-6-11/h7-9,11H,2-6,10H2,1H3. The summed E-state index contributed by atoms with van der Waals surface area (Å²) in [4.78, 5) is -0.372. The second-order valence-electron chi connectivity index (χ2n) is 6.25. The Bertz CT molecular complexity index is 840. The molecule has 0 spiro atoms. The molecule has 1 aromatic carbocycles. The van der Waals surface area contributed by atoms with Crippen LogP contribution in [0, 0.1) is 5.82 Å². The largest absolute Gasteiger partial charge is 0.358 e. The molecule has 130 valence electrons. The lowest BCUT2D eigenvalue weighted by Crippen LogP contribution is -2.06. The molecule has 0 unspecified atom stereocenters. The highest BCUT2D eigenvalue weighted by Gasteiger charge is 2.27. The first-order valence-electron chi connectivity index (χ1n) is 7.96. The lowest BCUT2D eigenvalue weighted by atomic mass is 9.84. The van der Waals surface area contributed by atoms with Crippen molar-refractivity contribution in [2.45, 2.75) is 49.6 Å². The maximum Gasteiger partial charge on any atom is 0.178 e. The summed E-state index contributed by atoms with van der Waals surface area (Å²) in [5.74, 6) is -0.631. The highest BCUT2D eigenvalue weighted by molar-refractivity contribution is 7.90. The van der Waals surface area contributed by atoms with Crippen LogP contribution in [0.5, 0.6) is 0 Å². The molecule has 4 nitrogen and oxygen atoms in total. The minimum atomic E-state index is -3.65. The quantitative estimate of drug-likeness (QED) is 0.815. The van der Waals surface area contributed by atoms with E-state index in [1.54, 1.807) is 0 Å². The zero-order chi connectivity index (χ0) is 17.3. The first-order chi connectivity index (χ1) is 11.4. The summed E-state index contributed by atoms with van der Waals surface area (Å²) < 4.78 is 55.8. The highest BCUT2D eigenvalue weighted by atomic mass is 32.2. The third-order valence-electron chi connectivity index (χ3n) is 4.52. The molecule has 3 rings (SSSR count). The molecule has 1 aliphatic carbocycles. The van der Waals surface area contributed by atoms with Gasteiger partial charge < -0.3 is 4.52 Å². The third kappa shape index (κ3) is 3.22. The molecule has 1 fully saturated rings. The van der Waals surface area contributed by atoms with Crippen LogP contribution in [-0.4, -0.2) is 19.8 Å². The molecule has 0 radical (unpaired) electrons. The van der Waals surface area contributed by atoms with E-state index < -0.39 is 22.3 Å². The van der Waals surface area contributed by atoms with Gasteiger partial charge in [0.1, 0.15) is 10.7 Å². The van der Waals surface area contributed by atoms with Gasteiger partial charge in [0.15, 0.2) is 22.3 Å². The normalized spacial score (nSPS) is 16.5. The van der Waals surface area contributed by atoms with E-state index in [1.807, 2.05) is 0 Å². The van der Waals surface area contributed by atoms with Crippen molar-refractivity contribution >= 4 is 9.84 Å². The van der Waals surface area contributed by atoms with Crippen molar-refractivity contribution in [2.75, 3.05) is 6.26 Å². The Balaban J connectivity index is 2.08. The molecule has 24 heavy (non-hydrogen) atoms. The van der Waals surface area contributed by atoms with Crippen LogP contribution in [-0.2, 0) is 16.5 Å². The van der Waals surface area contributed by atoms with Crippen molar-refractivity contribution in [1.29, 1.82) is 0 Å². The molecule has 1 aromatic heterocycles. The number of nitrogens with zero attached hydrogens (tertiary/aromatic N) is 1. The van der Waals surface area contributed by atoms with Crippen molar-refractivity contribution in [2.24, 2.45) is 0 Å². The van der Waals surface area contributed by atoms with Crippen LogP contribution in [0.1, 0.15) is 49.5 Å². The van der Waals surface area contributed by atoms with Crippen LogP contribution in [0.4, 0.5) is 8.78 Å². The first-order valence-corrected chi connectivity index (χ1v) is 9.85. The Morgan fingerprint density at radius 1 is 1.25 bits per heavy atom. The highest BCUT2D eigenvalue weighted by Crippen LogP contribution is 2.40. The summed E-state index contributed by atoms with van der Waals surface area (Å²) >= 11 is 0. The Kier molecular flexibility index (Phi) is 4.71. The maximum atomic E-state index is 14.2. The number of hydrogen-bond donors (Lipinski definition) is 0. The summed E-state index contributed by atoms with van der Waals surface area (Å²) in [6, 6.07) is 3.81. The Hall–Kier alpha value is -1.76. The Labute approximate surface area is 139 Å². The van der Waals surface area contributed by atoms with Gasteiger partial charge in [0, 0.05) is 12.2 Å². The fourth-order valence-corrected chi connectivity index (χ4v) is 4.08. The first kappa shape index (κ1) is 17.1. The molecule has 2 aromatic rings. The summed E-state index contributed by atoms with van der Waals surface area (Å²) in [7, 11) is -3.65. The molecule has 0 atom stereocenters. The van der Waals surface area contributed by atoms with Gasteiger partial charge in [-0.3, -0.25) is 0 Å². The predicted molar refractivity (Wildman–Crippen MR) is 85.6 cm³/mol. The van der Waals surface area contributed by atoms with E-state index >= 15 is 0 Å². The van der Waals surface area contributed by atoms with Crippen molar-refractivity contribution in [3.63, 3.8) is 0 Å². The molecule has 1 saturated carbocycles. The topological polar surface area (TPSA) is 60.2 Å². The van der Waals surface area contributed by atoms with Crippen molar-refractivity contribution in [1.82, 2.24) is 5.16 Å². The molecule has 1 aliphatic rings. The molecule has 0 amide bonds. The summed E-state index contributed by atoms with van der Waals surface area (Å²) in [5.41, 5.74) is 1.51. The SMILES string of the molecule is CS(=O)(=O)c1ccc(-c2c(C3CCCCC3)noc2CF)cc1F. The monoisotopic (exact) mass is 355 g/mol. The van der Waals surface area contributed by atoms with Crippen LogP contribution < -0.4 is 0 Å². The Morgan fingerprint density at radius 2 is 1.96 bits per heavy atom.